The molecule has 0 spiro atoms. The number of aryl methyl sites for hydroxylation is 1. The van der Waals surface area contributed by atoms with Crippen LogP contribution in [0.1, 0.15) is 36.8 Å². The number of nitrogens with one attached hydrogen (secondary N) is 1. The molecule has 0 radical (unpaired) electrons. The largest absolute Gasteiger partial charge is 0.339 e. The fraction of sp³-hybridized carbons (Fsp3) is 0.611. The summed E-state index contributed by atoms with van der Waals surface area (Å²) in [6.07, 6.45) is 5.44. The first kappa shape index (κ1) is 14.6. The van der Waals surface area contributed by atoms with Crippen molar-refractivity contribution in [3.8, 4) is 0 Å². The molecule has 114 valence electrons. The Bertz CT molecular complexity index is 472. The van der Waals surface area contributed by atoms with Gasteiger partial charge in [0.25, 0.3) is 0 Å². The highest BCUT2D eigenvalue weighted by atomic mass is 16.2. The lowest BCUT2D eigenvalue weighted by Crippen LogP contribution is -2.42. The average molecular weight is 286 g/mol. The van der Waals surface area contributed by atoms with Crippen LogP contribution in [0.3, 0.4) is 0 Å². The molecule has 0 aromatic heterocycles. The van der Waals surface area contributed by atoms with Crippen LogP contribution in [-0.2, 0) is 11.2 Å². The minimum atomic E-state index is 0.312. The number of hydrogen-bond acceptors (Lipinski definition) is 2. The van der Waals surface area contributed by atoms with Crippen LogP contribution in [0.25, 0.3) is 0 Å². The van der Waals surface area contributed by atoms with E-state index in [1.165, 1.54) is 31.2 Å². The zero-order chi connectivity index (χ0) is 14.7. The van der Waals surface area contributed by atoms with Crippen molar-refractivity contribution in [1.82, 2.24) is 10.2 Å². The first-order valence-corrected chi connectivity index (χ1v) is 8.28. The molecule has 21 heavy (non-hydrogen) atoms. The molecule has 3 nitrogen and oxygen atoms in total. The molecule has 1 aliphatic carbocycles. The Hall–Kier alpha value is -1.35. The van der Waals surface area contributed by atoms with Crippen molar-refractivity contribution in [3.63, 3.8) is 0 Å². The SMILES string of the molecule is Cc1ccc(CC(=O)N(CC2CCCNC2)C2CC2)cc1. The number of piperidine rings is 1. The van der Waals surface area contributed by atoms with Gasteiger partial charge in [-0.1, -0.05) is 29.8 Å². The lowest BCUT2D eigenvalue weighted by Gasteiger charge is -2.30. The molecule has 2 aliphatic rings. The topological polar surface area (TPSA) is 32.3 Å². The van der Waals surface area contributed by atoms with Gasteiger partial charge in [0.15, 0.2) is 0 Å². The van der Waals surface area contributed by atoms with Crippen LogP contribution >= 0.6 is 0 Å². The standard InChI is InChI=1S/C18H26N2O/c1-14-4-6-15(7-5-14)11-18(21)20(17-8-9-17)13-16-3-2-10-19-12-16/h4-7,16-17,19H,2-3,8-13H2,1H3. The summed E-state index contributed by atoms with van der Waals surface area (Å²) in [5.41, 5.74) is 2.39. The van der Waals surface area contributed by atoms with Crippen LogP contribution in [0.15, 0.2) is 24.3 Å². The highest BCUT2D eigenvalue weighted by Crippen LogP contribution is 2.29. The molecule has 1 N–H and O–H groups in total. The monoisotopic (exact) mass is 286 g/mol. The van der Waals surface area contributed by atoms with E-state index in [1.54, 1.807) is 0 Å². The summed E-state index contributed by atoms with van der Waals surface area (Å²) in [4.78, 5) is 14.8. The zero-order valence-corrected chi connectivity index (χ0v) is 13.0. The fourth-order valence-electron chi connectivity index (χ4n) is 3.18. The maximum Gasteiger partial charge on any atom is 0.227 e. The molecule has 1 saturated heterocycles. The van der Waals surface area contributed by atoms with Gasteiger partial charge in [0.1, 0.15) is 0 Å². The van der Waals surface area contributed by atoms with Crippen molar-refractivity contribution < 1.29 is 4.79 Å². The molecule has 1 atom stereocenters. The minimum Gasteiger partial charge on any atom is -0.339 e. The Labute approximate surface area is 127 Å². The third kappa shape index (κ3) is 4.07. The average Bonchev–Trinajstić information content (AvgIpc) is 3.33. The van der Waals surface area contributed by atoms with Gasteiger partial charge in [-0.05, 0) is 57.2 Å². The van der Waals surface area contributed by atoms with Crippen molar-refractivity contribution in [2.45, 2.75) is 45.1 Å². The van der Waals surface area contributed by atoms with Gasteiger partial charge in [0.05, 0.1) is 6.42 Å². The third-order valence-electron chi connectivity index (χ3n) is 4.64. The molecule has 1 aromatic carbocycles. The molecule has 1 aliphatic heterocycles. The number of benzene rings is 1. The first-order valence-electron chi connectivity index (χ1n) is 8.28. The molecule has 3 rings (SSSR count). The zero-order valence-electron chi connectivity index (χ0n) is 13.0. The lowest BCUT2D eigenvalue weighted by molar-refractivity contribution is -0.131. The Balaban J connectivity index is 1.60. The summed E-state index contributed by atoms with van der Waals surface area (Å²) in [5, 5.41) is 3.46. The minimum absolute atomic E-state index is 0.312. The predicted octanol–water partition coefficient (Wildman–Crippen LogP) is 2.53. The Morgan fingerprint density at radius 1 is 1.24 bits per heavy atom. The summed E-state index contributed by atoms with van der Waals surface area (Å²) < 4.78 is 0. The van der Waals surface area contributed by atoms with Crippen molar-refractivity contribution in [1.29, 1.82) is 0 Å². The van der Waals surface area contributed by atoms with E-state index in [4.69, 9.17) is 0 Å². The van der Waals surface area contributed by atoms with E-state index in [0.29, 0.717) is 24.3 Å². The van der Waals surface area contributed by atoms with Crippen molar-refractivity contribution in [2.24, 2.45) is 5.92 Å². The van der Waals surface area contributed by atoms with Crippen molar-refractivity contribution in [2.75, 3.05) is 19.6 Å². The maximum absolute atomic E-state index is 12.7. The second kappa shape index (κ2) is 6.61. The Morgan fingerprint density at radius 3 is 2.62 bits per heavy atom. The molecule has 1 unspecified atom stereocenters. The van der Waals surface area contributed by atoms with Gasteiger partial charge < -0.3 is 10.2 Å². The Kier molecular flexibility index (Phi) is 4.59. The number of hydrogen-bond donors (Lipinski definition) is 1. The summed E-state index contributed by atoms with van der Waals surface area (Å²) in [6.45, 7) is 5.23. The van der Waals surface area contributed by atoms with Gasteiger partial charge in [-0.2, -0.15) is 0 Å². The molecular formula is C18H26N2O. The van der Waals surface area contributed by atoms with Crippen LogP contribution < -0.4 is 5.32 Å². The van der Waals surface area contributed by atoms with Gasteiger partial charge >= 0.3 is 0 Å². The third-order valence-corrected chi connectivity index (χ3v) is 4.64. The van der Waals surface area contributed by atoms with E-state index in [9.17, 15) is 4.79 Å². The van der Waals surface area contributed by atoms with Crippen LogP contribution in [0.2, 0.25) is 0 Å². The van der Waals surface area contributed by atoms with Crippen LogP contribution in [0.5, 0.6) is 0 Å². The molecule has 1 amide bonds. The van der Waals surface area contributed by atoms with E-state index < -0.39 is 0 Å². The summed E-state index contributed by atoms with van der Waals surface area (Å²) in [6, 6.07) is 8.87. The van der Waals surface area contributed by atoms with Crippen molar-refractivity contribution >= 4 is 5.91 Å². The Morgan fingerprint density at radius 2 is 2.00 bits per heavy atom. The second-order valence-electron chi connectivity index (χ2n) is 6.65. The highest BCUT2D eigenvalue weighted by molar-refractivity contribution is 5.79. The second-order valence-corrected chi connectivity index (χ2v) is 6.65. The van der Waals surface area contributed by atoms with Crippen molar-refractivity contribution in [3.05, 3.63) is 35.4 Å². The molecule has 2 fully saturated rings. The molecule has 1 saturated carbocycles. The van der Waals surface area contributed by atoms with Crippen LogP contribution in [-0.4, -0.2) is 36.5 Å². The number of amides is 1. The summed E-state index contributed by atoms with van der Waals surface area (Å²) in [7, 11) is 0. The summed E-state index contributed by atoms with van der Waals surface area (Å²) in [5.74, 6) is 0.952. The predicted molar refractivity (Wildman–Crippen MR) is 85.2 cm³/mol. The number of nitrogens with zero attached hydrogens (tertiary/aromatic N) is 1. The van der Waals surface area contributed by atoms with E-state index in [-0.39, 0.29) is 0 Å². The van der Waals surface area contributed by atoms with Gasteiger partial charge in [0.2, 0.25) is 5.91 Å². The molecule has 1 aromatic rings. The van der Waals surface area contributed by atoms with Crippen LogP contribution in [0, 0.1) is 12.8 Å². The lowest BCUT2D eigenvalue weighted by atomic mass is 9.98. The smallest absolute Gasteiger partial charge is 0.227 e. The number of rotatable bonds is 5. The highest BCUT2D eigenvalue weighted by Gasteiger charge is 2.34. The van der Waals surface area contributed by atoms with Gasteiger partial charge in [-0.15, -0.1) is 0 Å². The van der Waals surface area contributed by atoms with Gasteiger partial charge in [0, 0.05) is 12.6 Å². The van der Waals surface area contributed by atoms with Gasteiger partial charge in [-0.3, -0.25) is 4.79 Å². The van der Waals surface area contributed by atoms with E-state index in [2.05, 4.69) is 41.4 Å². The quantitative estimate of drug-likeness (QED) is 0.902. The fourth-order valence-corrected chi connectivity index (χ4v) is 3.18. The maximum atomic E-state index is 12.7. The van der Waals surface area contributed by atoms with Crippen LogP contribution in [0.4, 0.5) is 0 Å². The number of carbonyl (C=O) groups is 1. The molecular weight excluding hydrogens is 260 g/mol. The first-order chi connectivity index (χ1) is 10.2. The number of carbonyl (C=O) groups excluding carboxylic acids is 1. The molecule has 3 heteroatoms. The molecule has 0 bridgehead atoms. The van der Waals surface area contributed by atoms with E-state index in [0.717, 1.165) is 25.2 Å². The molecule has 1 heterocycles. The normalized spacial score (nSPS) is 22.0. The van der Waals surface area contributed by atoms with E-state index >= 15 is 0 Å². The van der Waals surface area contributed by atoms with Gasteiger partial charge in [-0.25, -0.2) is 0 Å². The summed E-state index contributed by atoms with van der Waals surface area (Å²) >= 11 is 0. The van der Waals surface area contributed by atoms with E-state index in [1.807, 2.05) is 0 Å².